The first-order valence-corrected chi connectivity index (χ1v) is 6.61. The van der Waals surface area contributed by atoms with E-state index in [1.807, 2.05) is 38.4 Å². The minimum atomic E-state index is -0.626. The topological polar surface area (TPSA) is 36.4 Å². The Morgan fingerprint density at radius 3 is 2.81 bits per heavy atom. The molecule has 0 bridgehead atoms. The van der Waals surface area contributed by atoms with Crippen molar-refractivity contribution in [3.05, 3.63) is 16.1 Å². The van der Waals surface area contributed by atoms with Crippen LogP contribution >= 0.6 is 11.3 Å². The van der Waals surface area contributed by atoms with E-state index in [-0.39, 0.29) is 0 Å². The minimum absolute atomic E-state index is 0.626. The molecule has 1 fully saturated rings. The van der Waals surface area contributed by atoms with E-state index in [0.717, 1.165) is 12.5 Å². The molecule has 90 valence electrons. The Morgan fingerprint density at radius 1 is 1.56 bits per heavy atom. The van der Waals surface area contributed by atoms with Gasteiger partial charge < -0.3 is 5.11 Å². The van der Waals surface area contributed by atoms with E-state index < -0.39 is 5.60 Å². The molecule has 1 aliphatic rings. The molecule has 0 aliphatic heterocycles. The van der Waals surface area contributed by atoms with Crippen LogP contribution in [0.4, 0.5) is 0 Å². The molecule has 0 spiro atoms. The Morgan fingerprint density at radius 2 is 2.25 bits per heavy atom. The van der Waals surface area contributed by atoms with E-state index >= 15 is 0 Å². The van der Waals surface area contributed by atoms with Crippen molar-refractivity contribution in [2.75, 3.05) is 13.6 Å². The number of rotatable bonds is 5. The lowest BCUT2D eigenvalue weighted by Crippen LogP contribution is -2.35. The predicted molar refractivity (Wildman–Crippen MR) is 66.7 cm³/mol. The zero-order valence-electron chi connectivity index (χ0n) is 10.2. The lowest BCUT2D eigenvalue weighted by molar-refractivity contribution is 0.0427. The normalized spacial score (nSPS) is 17.1. The Hall–Kier alpha value is -0.450. The Labute approximate surface area is 101 Å². The highest BCUT2D eigenvalue weighted by atomic mass is 32.1. The lowest BCUT2D eigenvalue weighted by atomic mass is 10.1. The molecule has 0 amide bonds. The maximum atomic E-state index is 9.72. The van der Waals surface area contributed by atoms with Crippen LogP contribution in [0.3, 0.4) is 0 Å². The van der Waals surface area contributed by atoms with E-state index in [1.165, 1.54) is 22.7 Å². The third-order valence-corrected chi connectivity index (χ3v) is 3.73. The zero-order chi connectivity index (χ0) is 11.8. The van der Waals surface area contributed by atoms with Gasteiger partial charge >= 0.3 is 0 Å². The van der Waals surface area contributed by atoms with Crippen molar-refractivity contribution in [3.8, 4) is 0 Å². The monoisotopic (exact) mass is 240 g/mol. The molecule has 1 aromatic rings. The zero-order valence-corrected chi connectivity index (χ0v) is 11.0. The third kappa shape index (κ3) is 3.54. The van der Waals surface area contributed by atoms with Crippen molar-refractivity contribution in [1.82, 2.24) is 9.88 Å². The van der Waals surface area contributed by atoms with Crippen LogP contribution in [0, 0.1) is 0 Å². The van der Waals surface area contributed by atoms with Crippen molar-refractivity contribution >= 4 is 11.3 Å². The first-order valence-electron chi connectivity index (χ1n) is 5.79. The summed E-state index contributed by atoms with van der Waals surface area (Å²) < 4.78 is 0. The van der Waals surface area contributed by atoms with Gasteiger partial charge in [0.15, 0.2) is 0 Å². The number of thiazole rings is 1. The lowest BCUT2D eigenvalue weighted by Gasteiger charge is -2.24. The third-order valence-electron chi connectivity index (χ3n) is 2.58. The maximum Gasteiger partial charge on any atom is 0.0959 e. The summed E-state index contributed by atoms with van der Waals surface area (Å²) in [5.74, 6) is 0.748. The molecule has 1 saturated carbocycles. The second-order valence-electron chi connectivity index (χ2n) is 5.42. The average molecular weight is 240 g/mol. The summed E-state index contributed by atoms with van der Waals surface area (Å²) in [6.45, 7) is 5.25. The van der Waals surface area contributed by atoms with Crippen molar-refractivity contribution in [1.29, 1.82) is 0 Å². The van der Waals surface area contributed by atoms with Gasteiger partial charge in [-0.05, 0) is 33.7 Å². The molecule has 1 aliphatic carbocycles. The Bertz CT molecular complexity index is 352. The molecular formula is C12H20N2OS. The van der Waals surface area contributed by atoms with Crippen LogP contribution in [0.5, 0.6) is 0 Å². The first kappa shape index (κ1) is 12.0. The highest BCUT2D eigenvalue weighted by Crippen LogP contribution is 2.41. The van der Waals surface area contributed by atoms with Gasteiger partial charge in [0.05, 0.1) is 10.6 Å². The number of aromatic nitrogens is 1. The molecule has 1 N–H and O–H groups in total. The molecular weight excluding hydrogens is 220 g/mol. The molecule has 0 radical (unpaired) electrons. The number of likely N-dealkylation sites (N-methyl/N-ethyl adjacent to an activating group) is 1. The summed E-state index contributed by atoms with van der Waals surface area (Å²) in [7, 11) is 2.04. The summed E-state index contributed by atoms with van der Waals surface area (Å²) in [6, 6.07) is 0. The van der Waals surface area contributed by atoms with E-state index in [9.17, 15) is 5.11 Å². The largest absolute Gasteiger partial charge is 0.389 e. The fourth-order valence-electron chi connectivity index (χ4n) is 1.90. The standard InChI is InChI=1S/C12H20N2OS/c1-12(2,15)8-14(3)7-10-6-13-11(16-10)9-4-5-9/h6,9,15H,4-5,7-8H2,1-3H3. The Kier molecular flexibility index (Phi) is 3.33. The number of hydrogen-bond donors (Lipinski definition) is 1. The summed E-state index contributed by atoms with van der Waals surface area (Å²) in [5.41, 5.74) is -0.626. The van der Waals surface area contributed by atoms with Gasteiger partial charge in [0.2, 0.25) is 0 Å². The van der Waals surface area contributed by atoms with Gasteiger partial charge in [-0.2, -0.15) is 0 Å². The molecule has 1 aromatic heterocycles. The van der Waals surface area contributed by atoms with E-state index in [0.29, 0.717) is 6.54 Å². The fourth-order valence-corrected chi connectivity index (χ4v) is 3.06. The van der Waals surface area contributed by atoms with Gasteiger partial charge in [-0.25, -0.2) is 4.98 Å². The van der Waals surface area contributed by atoms with Crippen molar-refractivity contribution < 1.29 is 5.11 Å². The molecule has 0 aromatic carbocycles. The van der Waals surface area contributed by atoms with Crippen LogP contribution in [0.25, 0.3) is 0 Å². The van der Waals surface area contributed by atoms with Gasteiger partial charge in [0, 0.05) is 30.1 Å². The molecule has 2 rings (SSSR count). The maximum absolute atomic E-state index is 9.72. The van der Waals surface area contributed by atoms with Gasteiger partial charge in [-0.3, -0.25) is 4.90 Å². The second-order valence-corrected chi connectivity index (χ2v) is 6.57. The van der Waals surface area contributed by atoms with Crippen LogP contribution in [0.1, 0.15) is 42.5 Å². The first-order chi connectivity index (χ1) is 7.44. The fraction of sp³-hybridized carbons (Fsp3) is 0.750. The number of hydrogen-bond acceptors (Lipinski definition) is 4. The van der Waals surface area contributed by atoms with E-state index in [1.54, 1.807) is 0 Å². The molecule has 1 heterocycles. The van der Waals surface area contributed by atoms with Gasteiger partial charge in [0.1, 0.15) is 0 Å². The summed E-state index contributed by atoms with van der Waals surface area (Å²) in [6.07, 6.45) is 4.61. The summed E-state index contributed by atoms with van der Waals surface area (Å²) >= 11 is 1.82. The molecule has 3 nitrogen and oxygen atoms in total. The predicted octanol–water partition coefficient (Wildman–Crippen LogP) is 2.22. The van der Waals surface area contributed by atoms with Crippen LogP contribution in [0.15, 0.2) is 6.20 Å². The van der Waals surface area contributed by atoms with Crippen LogP contribution in [0.2, 0.25) is 0 Å². The molecule has 0 unspecified atom stereocenters. The minimum Gasteiger partial charge on any atom is -0.389 e. The van der Waals surface area contributed by atoms with Gasteiger partial charge in [-0.1, -0.05) is 0 Å². The quantitative estimate of drug-likeness (QED) is 0.857. The van der Waals surface area contributed by atoms with Crippen molar-refractivity contribution in [2.24, 2.45) is 0 Å². The molecule has 0 saturated heterocycles. The number of aliphatic hydroxyl groups is 1. The van der Waals surface area contributed by atoms with E-state index in [4.69, 9.17) is 0 Å². The Balaban J connectivity index is 1.87. The van der Waals surface area contributed by atoms with Gasteiger partial charge in [-0.15, -0.1) is 11.3 Å². The van der Waals surface area contributed by atoms with Gasteiger partial charge in [0.25, 0.3) is 0 Å². The highest BCUT2D eigenvalue weighted by molar-refractivity contribution is 7.11. The summed E-state index contributed by atoms with van der Waals surface area (Å²) in [5, 5.41) is 11.0. The molecule has 0 atom stereocenters. The smallest absolute Gasteiger partial charge is 0.0959 e. The van der Waals surface area contributed by atoms with E-state index in [2.05, 4.69) is 9.88 Å². The molecule has 4 heteroatoms. The van der Waals surface area contributed by atoms with Crippen LogP contribution in [-0.4, -0.2) is 34.2 Å². The molecule has 16 heavy (non-hydrogen) atoms. The van der Waals surface area contributed by atoms with Crippen molar-refractivity contribution in [3.63, 3.8) is 0 Å². The number of nitrogens with zero attached hydrogens (tertiary/aromatic N) is 2. The van der Waals surface area contributed by atoms with Crippen LogP contribution in [-0.2, 0) is 6.54 Å². The second kappa shape index (κ2) is 4.43. The van der Waals surface area contributed by atoms with Crippen LogP contribution < -0.4 is 0 Å². The SMILES string of the molecule is CN(Cc1cnc(C2CC2)s1)CC(C)(C)O. The highest BCUT2D eigenvalue weighted by Gasteiger charge is 2.26. The summed E-state index contributed by atoms with van der Waals surface area (Å²) in [4.78, 5) is 7.90. The average Bonchev–Trinajstić information content (AvgIpc) is 2.85. The van der Waals surface area contributed by atoms with Crippen molar-refractivity contribution in [2.45, 2.75) is 44.8 Å².